The number of carbonyl (C=O) groups excluding carboxylic acids is 2. The van der Waals surface area contributed by atoms with Gasteiger partial charge in [-0.15, -0.1) is 0 Å². The van der Waals surface area contributed by atoms with Crippen LogP contribution in [0, 0.1) is 17.0 Å². The van der Waals surface area contributed by atoms with Gasteiger partial charge in [-0.3, -0.25) is 19.7 Å². The van der Waals surface area contributed by atoms with Crippen LogP contribution in [0.4, 0.5) is 5.69 Å². The number of nitrogens with zero attached hydrogens (tertiary/aromatic N) is 1. The van der Waals surface area contributed by atoms with E-state index in [0.717, 1.165) is 19.3 Å². The molecule has 0 saturated heterocycles. The Morgan fingerprint density at radius 2 is 1.52 bits per heavy atom. The van der Waals surface area contributed by atoms with Crippen molar-refractivity contribution in [3.8, 4) is 0 Å². The number of hydrogen-bond donors (Lipinski definition) is 0. The van der Waals surface area contributed by atoms with Gasteiger partial charge >= 0.3 is 11.9 Å². The first-order valence-corrected chi connectivity index (χ1v) is 10.5. The number of unbranched alkanes of at least 4 members (excludes halogenated alkanes) is 7. The predicted molar refractivity (Wildman–Crippen MR) is 110 cm³/mol. The SMILES string of the molecule is CCCCCCCCCCOC(=O)CCC(=O)OCc1cccc(C)c1[N+](=O)[O-]. The molecule has 7 heteroatoms. The summed E-state index contributed by atoms with van der Waals surface area (Å²) in [5, 5.41) is 11.1. The van der Waals surface area contributed by atoms with E-state index in [1.54, 1.807) is 25.1 Å². The van der Waals surface area contributed by atoms with E-state index in [-0.39, 0.29) is 25.1 Å². The highest BCUT2D eigenvalue weighted by atomic mass is 16.6. The Kier molecular flexibility index (Phi) is 12.3. The predicted octanol–water partition coefficient (Wildman–Crippen LogP) is 5.41. The van der Waals surface area contributed by atoms with Crippen molar-refractivity contribution >= 4 is 17.6 Å². The maximum atomic E-state index is 11.8. The van der Waals surface area contributed by atoms with Gasteiger partial charge in [0.25, 0.3) is 5.69 Å². The molecule has 1 aromatic rings. The van der Waals surface area contributed by atoms with Crippen LogP contribution in [0.3, 0.4) is 0 Å². The van der Waals surface area contributed by atoms with Crippen LogP contribution in [0.2, 0.25) is 0 Å². The van der Waals surface area contributed by atoms with Crippen LogP contribution < -0.4 is 0 Å². The molecule has 1 aromatic carbocycles. The molecule has 1 rings (SSSR count). The minimum Gasteiger partial charge on any atom is -0.466 e. The van der Waals surface area contributed by atoms with E-state index in [4.69, 9.17) is 9.47 Å². The van der Waals surface area contributed by atoms with E-state index >= 15 is 0 Å². The molecule has 0 heterocycles. The number of nitro benzene ring substituents is 1. The Labute approximate surface area is 172 Å². The molecule has 0 spiro atoms. The van der Waals surface area contributed by atoms with Crippen LogP contribution in [0.1, 0.15) is 82.3 Å². The average Bonchev–Trinajstić information content (AvgIpc) is 2.69. The average molecular weight is 408 g/mol. The number of rotatable bonds is 15. The van der Waals surface area contributed by atoms with Gasteiger partial charge in [-0.1, -0.05) is 64.0 Å². The first kappa shape index (κ1) is 24.6. The Morgan fingerprint density at radius 3 is 2.14 bits per heavy atom. The zero-order chi connectivity index (χ0) is 21.5. The standard InChI is InChI=1S/C22H33NO6/c1-3-4-5-6-7-8-9-10-16-28-20(24)14-15-21(25)29-17-19-13-11-12-18(2)22(19)23(26)27/h11-13H,3-10,14-17H2,1-2H3. The number of esters is 2. The molecule has 0 saturated carbocycles. The van der Waals surface area contributed by atoms with Crippen molar-refractivity contribution in [2.45, 2.75) is 84.7 Å². The maximum Gasteiger partial charge on any atom is 0.306 e. The molecular formula is C22H33NO6. The lowest BCUT2D eigenvalue weighted by Crippen LogP contribution is -2.11. The van der Waals surface area contributed by atoms with Crippen molar-refractivity contribution in [1.82, 2.24) is 0 Å². The highest BCUT2D eigenvalue weighted by Crippen LogP contribution is 2.23. The van der Waals surface area contributed by atoms with Crippen LogP contribution >= 0.6 is 0 Å². The van der Waals surface area contributed by atoms with E-state index in [1.807, 2.05) is 0 Å². The molecule has 0 amide bonds. The van der Waals surface area contributed by atoms with Crippen LogP contribution in [0.25, 0.3) is 0 Å². The molecule has 0 N–H and O–H groups in total. The second-order valence-electron chi connectivity index (χ2n) is 7.20. The van der Waals surface area contributed by atoms with Gasteiger partial charge in [0, 0.05) is 5.56 Å². The Morgan fingerprint density at radius 1 is 0.931 bits per heavy atom. The smallest absolute Gasteiger partial charge is 0.306 e. The molecule has 0 unspecified atom stereocenters. The first-order valence-electron chi connectivity index (χ1n) is 10.5. The highest BCUT2D eigenvalue weighted by Gasteiger charge is 2.18. The minimum absolute atomic E-state index is 0.0498. The molecule has 0 bridgehead atoms. The fraction of sp³-hybridized carbons (Fsp3) is 0.636. The second kappa shape index (κ2) is 14.5. The normalized spacial score (nSPS) is 10.6. The third kappa shape index (κ3) is 10.6. The van der Waals surface area contributed by atoms with Gasteiger partial charge in [0.05, 0.1) is 29.9 Å². The van der Waals surface area contributed by atoms with Crippen LogP contribution in [0.5, 0.6) is 0 Å². The number of aryl methyl sites for hydroxylation is 1. The van der Waals surface area contributed by atoms with E-state index < -0.39 is 16.9 Å². The summed E-state index contributed by atoms with van der Waals surface area (Å²) in [6.07, 6.45) is 9.19. The fourth-order valence-corrected chi connectivity index (χ4v) is 3.03. The molecule has 29 heavy (non-hydrogen) atoms. The fourth-order valence-electron chi connectivity index (χ4n) is 3.03. The van der Waals surface area contributed by atoms with Gasteiger partial charge in [-0.25, -0.2) is 0 Å². The molecule has 0 atom stereocenters. The largest absolute Gasteiger partial charge is 0.466 e. The number of ether oxygens (including phenoxy) is 2. The molecule has 0 aliphatic carbocycles. The van der Waals surface area contributed by atoms with Crippen LogP contribution in [0.15, 0.2) is 18.2 Å². The van der Waals surface area contributed by atoms with Gasteiger partial charge in [0.2, 0.25) is 0 Å². The lowest BCUT2D eigenvalue weighted by Gasteiger charge is -2.07. The van der Waals surface area contributed by atoms with Gasteiger partial charge in [0.15, 0.2) is 0 Å². The molecule has 162 valence electrons. The van der Waals surface area contributed by atoms with Gasteiger partial charge in [0.1, 0.15) is 6.61 Å². The lowest BCUT2D eigenvalue weighted by molar-refractivity contribution is -0.386. The third-order valence-electron chi connectivity index (χ3n) is 4.69. The topological polar surface area (TPSA) is 95.7 Å². The number of hydrogen-bond acceptors (Lipinski definition) is 6. The Hall–Kier alpha value is -2.44. The highest BCUT2D eigenvalue weighted by molar-refractivity contribution is 5.77. The third-order valence-corrected chi connectivity index (χ3v) is 4.69. The van der Waals surface area contributed by atoms with E-state index in [2.05, 4.69) is 6.92 Å². The maximum absolute atomic E-state index is 11.8. The molecule has 0 radical (unpaired) electrons. The van der Waals surface area contributed by atoms with Crippen LogP contribution in [-0.4, -0.2) is 23.5 Å². The molecule has 0 aromatic heterocycles. The van der Waals surface area contributed by atoms with E-state index in [9.17, 15) is 19.7 Å². The molecule has 7 nitrogen and oxygen atoms in total. The van der Waals surface area contributed by atoms with Crippen molar-refractivity contribution in [2.75, 3.05) is 6.61 Å². The minimum atomic E-state index is -0.579. The monoisotopic (exact) mass is 407 g/mol. The summed E-state index contributed by atoms with van der Waals surface area (Å²) >= 11 is 0. The molecule has 0 aliphatic heterocycles. The van der Waals surface area contributed by atoms with Gasteiger partial charge in [-0.2, -0.15) is 0 Å². The van der Waals surface area contributed by atoms with Crippen molar-refractivity contribution in [3.63, 3.8) is 0 Å². The number of nitro groups is 1. The quantitative estimate of drug-likeness (QED) is 0.167. The number of carbonyl (C=O) groups is 2. The molecular weight excluding hydrogens is 374 g/mol. The van der Waals surface area contributed by atoms with E-state index in [1.165, 1.54) is 32.1 Å². The van der Waals surface area contributed by atoms with Crippen molar-refractivity contribution in [1.29, 1.82) is 0 Å². The zero-order valence-corrected chi connectivity index (χ0v) is 17.6. The molecule has 0 fully saturated rings. The molecule has 0 aliphatic rings. The summed E-state index contributed by atoms with van der Waals surface area (Å²) < 4.78 is 10.2. The zero-order valence-electron chi connectivity index (χ0n) is 17.6. The van der Waals surface area contributed by atoms with Crippen molar-refractivity contribution < 1.29 is 24.0 Å². The van der Waals surface area contributed by atoms with Crippen molar-refractivity contribution in [2.24, 2.45) is 0 Å². The van der Waals surface area contributed by atoms with Gasteiger partial charge in [-0.05, 0) is 19.4 Å². The Balaban J connectivity index is 2.15. The summed E-state index contributed by atoms with van der Waals surface area (Å²) in [5.41, 5.74) is 0.791. The summed E-state index contributed by atoms with van der Waals surface area (Å²) in [6, 6.07) is 4.86. The van der Waals surface area contributed by atoms with Crippen molar-refractivity contribution in [3.05, 3.63) is 39.4 Å². The Bertz CT molecular complexity index is 659. The lowest BCUT2D eigenvalue weighted by atomic mass is 10.1. The number of benzene rings is 1. The summed E-state index contributed by atoms with van der Waals surface area (Å²) in [4.78, 5) is 34.2. The summed E-state index contributed by atoms with van der Waals surface area (Å²) in [7, 11) is 0. The van der Waals surface area contributed by atoms with E-state index in [0.29, 0.717) is 17.7 Å². The summed E-state index contributed by atoms with van der Waals surface area (Å²) in [5.74, 6) is -1.00. The summed E-state index contributed by atoms with van der Waals surface area (Å²) in [6.45, 7) is 4.01. The number of para-hydroxylation sites is 1. The van der Waals surface area contributed by atoms with Gasteiger partial charge < -0.3 is 9.47 Å². The first-order chi connectivity index (χ1) is 14.0. The van der Waals surface area contributed by atoms with Crippen LogP contribution in [-0.2, 0) is 25.7 Å². The second-order valence-corrected chi connectivity index (χ2v) is 7.20.